The van der Waals surface area contributed by atoms with Crippen molar-refractivity contribution in [2.24, 2.45) is 10.9 Å². The zero-order valence-electron chi connectivity index (χ0n) is 15.3. The molecule has 24 heavy (non-hydrogen) atoms. The third-order valence-electron chi connectivity index (χ3n) is 4.03. The van der Waals surface area contributed by atoms with Crippen molar-refractivity contribution < 1.29 is 13.2 Å². The van der Waals surface area contributed by atoms with Gasteiger partial charge in [0.25, 0.3) is 0 Å². The summed E-state index contributed by atoms with van der Waals surface area (Å²) in [5.74, 6) is 1.25. The van der Waals surface area contributed by atoms with Crippen LogP contribution in [0, 0.1) is 5.92 Å². The first-order chi connectivity index (χ1) is 11.1. The van der Waals surface area contributed by atoms with E-state index in [2.05, 4.69) is 25.2 Å². The number of nitrogens with one attached hydrogen (secondary N) is 3. The van der Waals surface area contributed by atoms with Crippen molar-refractivity contribution >= 4 is 21.9 Å². The first-order valence-corrected chi connectivity index (χ1v) is 10.1. The summed E-state index contributed by atoms with van der Waals surface area (Å²) in [6.07, 6.45) is 3.61. The molecule has 0 aromatic rings. The van der Waals surface area contributed by atoms with Crippen LogP contribution < -0.4 is 15.4 Å². The number of guanidine groups is 1. The number of carbonyl (C=O) groups is 1. The van der Waals surface area contributed by atoms with E-state index >= 15 is 0 Å². The van der Waals surface area contributed by atoms with Crippen LogP contribution in [0.15, 0.2) is 4.99 Å². The highest BCUT2D eigenvalue weighted by molar-refractivity contribution is 7.88. The summed E-state index contributed by atoms with van der Waals surface area (Å²) in [5.41, 5.74) is -0.610. The zero-order valence-corrected chi connectivity index (χ0v) is 16.2. The Morgan fingerprint density at radius 3 is 2.33 bits per heavy atom. The molecule has 0 spiro atoms. The largest absolute Gasteiger partial charge is 0.359 e. The molecular weight excluding hydrogens is 330 g/mol. The van der Waals surface area contributed by atoms with Crippen molar-refractivity contribution in [3.05, 3.63) is 0 Å². The smallest absolute Gasteiger partial charge is 0.220 e. The number of likely N-dealkylation sites (tertiary alicyclic amines) is 1. The second-order valence-corrected chi connectivity index (χ2v) is 8.72. The van der Waals surface area contributed by atoms with Gasteiger partial charge in [-0.3, -0.25) is 9.79 Å². The Bertz CT molecular complexity index is 551. The maximum absolute atomic E-state index is 11.5. The molecule has 8 nitrogen and oxygen atoms in total. The molecule has 140 valence electrons. The maximum Gasteiger partial charge on any atom is 0.220 e. The zero-order chi connectivity index (χ0) is 18.4. The Hall–Kier alpha value is -1.35. The molecule has 3 N–H and O–H groups in total. The van der Waals surface area contributed by atoms with E-state index in [-0.39, 0.29) is 5.91 Å². The molecule has 1 aliphatic heterocycles. The topological polar surface area (TPSA) is 103 Å². The first kappa shape index (κ1) is 20.7. The van der Waals surface area contributed by atoms with Crippen LogP contribution in [-0.4, -0.2) is 70.7 Å². The summed E-state index contributed by atoms with van der Waals surface area (Å²) in [6, 6.07) is 0. The molecule has 1 aliphatic rings. The second-order valence-electron chi connectivity index (χ2n) is 6.97. The van der Waals surface area contributed by atoms with Crippen molar-refractivity contribution in [3.63, 3.8) is 0 Å². The second kappa shape index (κ2) is 8.66. The van der Waals surface area contributed by atoms with E-state index in [0.29, 0.717) is 18.9 Å². The lowest BCUT2D eigenvalue weighted by Crippen LogP contribution is -2.54. The van der Waals surface area contributed by atoms with E-state index in [9.17, 15) is 13.2 Å². The van der Waals surface area contributed by atoms with Crippen molar-refractivity contribution in [3.8, 4) is 0 Å². The fourth-order valence-electron chi connectivity index (χ4n) is 2.88. The van der Waals surface area contributed by atoms with Crippen molar-refractivity contribution in [2.45, 2.75) is 38.6 Å². The van der Waals surface area contributed by atoms with Gasteiger partial charge in [-0.1, -0.05) is 0 Å². The van der Waals surface area contributed by atoms with Gasteiger partial charge in [0, 0.05) is 45.7 Å². The van der Waals surface area contributed by atoms with Crippen LogP contribution in [0.5, 0.6) is 0 Å². The highest BCUT2D eigenvalue weighted by atomic mass is 32.2. The number of hydrogen-bond donors (Lipinski definition) is 3. The van der Waals surface area contributed by atoms with Crippen LogP contribution in [-0.2, 0) is 14.8 Å². The van der Waals surface area contributed by atoms with E-state index in [1.54, 1.807) is 14.1 Å². The van der Waals surface area contributed by atoms with Gasteiger partial charge in [0.1, 0.15) is 0 Å². The van der Waals surface area contributed by atoms with Crippen molar-refractivity contribution in [1.29, 1.82) is 0 Å². The summed E-state index contributed by atoms with van der Waals surface area (Å²) in [6.45, 7) is 5.75. The van der Waals surface area contributed by atoms with Gasteiger partial charge in [-0.2, -0.15) is 0 Å². The molecule has 1 amide bonds. The molecule has 1 heterocycles. The maximum atomic E-state index is 11.5. The number of piperidine rings is 1. The van der Waals surface area contributed by atoms with Crippen LogP contribution in [0.1, 0.15) is 33.1 Å². The Labute approximate surface area is 145 Å². The Kier molecular flexibility index (Phi) is 7.47. The van der Waals surface area contributed by atoms with Crippen molar-refractivity contribution in [2.75, 3.05) is 40.0 Å². The molecule has 0 aliphatic carbocycles. The fraction of sp³-hybridized carbons (Fsp3) is 0.867. The third kappa shape index (κ3) is 7.48. The van der Waals surface area contributed by atoms with Gasteiger partial charge in [-0.25, -0.2) is 13.1 Å². The average molecular weight is 362 g/mol. The van der Waals surface area contributed by atoms with Crippen molar-refractivity contribution in [1.82, 2.24) is 20.3 Å². The Morgan fingerprint density at radius 1 is 1.29 bits per heavy atom. The van der Waals surface area contributed by atoms with E-state index in [1.165, 1.54) is 0 Å². The molecule has 9 heteroatoms. The van der Waals surface area contributed by atoms with Gasteiger partial charge in [0.05, 0.1) is 6.26 Å². The molecular formula is C15H31N5O3S. The van der Waals surface area contributed by atoms with Crippen LogP contribution >= 0.6 is 0 Å². The molecule has 0 unspecified atom stereocenters. The molecule has 0 aromatic heterocycles. The van der Waals surface area contributed by atoms with E-state index in [4.69, 9.17) is 0 Å². The number of amides is 1. The van der Waals surface area contributed by atoms with E-state index < -0.39 is 15.6 Å². The minimum Gasteiger partial charge on any atom is -0.359 e. The standard InChI is InChI=1S/C15H31N5O3S/c1-15(2,19-24(5,22)23)11-18-14(17-4)20-8-6-12(7-9-20)10-13(21)16-3/h12,19H,6-11H2,1-5H3,(H,16,21)(H,17,18). The molecule has 0 bridgehead atoms. The minimum absolute atomic E-state index is 0.0876. The summed E-state index contributed by atoms with van der Waals surface area (Å²) >= 11 is 0. The number of carbonyl (C=O) groups excluding carboxylic acids is 1. The molecule has 1 fully saturated rings. The average Bonchev–Trinajstić information content (AvgIpc) is 2.46. The normalized spacial score (nSPS) is 17.7. The third-order valence-corrected chi connectivity index (χ3v) is 4.95. The van der Waals surface area contributed by atoms with Gasteiger partial charge in [0.2, 0.25) is 15.9 Å². The van der Waals surface area contributed by atoms with Crippen LogP contribution in [0.3, 0.4) is 0 Å². The highest BCUT2D eigenvalue weighted by Gasteiger charge is 2.26. The van der Waals surface area contributed by atoms with E-state index in [1.807, 2.05) is 13.8 Å². The summed E-state index contributed by atoms with van der Waals surface area (Å²) in [4.78, 5) is 17.9. The number of sulfonamides is 1. The number of hydrogen-bond acceptors (Lipinski definition) is 4. The number of rotatable bonds is 6. The SMILES string of the molecule is CN=C(NCC(C)(C)NS(C)(=O)=O)N1CCC(CC(=O)NC)CC1. The molecule has 0 radical (unpaired) electrons. The quantitative estimate of drug-likeness (QED) is 0.447. The van der Waals surface area contributed by atoms with Gasteiger partial charge in [-0.15, -0.1) is 0 Å². The Balaban J connectivity index is 2.50. The lowest BCUT2D eigenvalue weighted by molar-refractivity contribution is -0.121. The monoisotopic (exact) mass is 361 g/mol. The molecule has 1 rings (SSSR count). The first-order valence-electron chi connectivity index (χ1n) is 8.21. The predicted octanol–water partition coefficient (Wildman–Crippen LogP) is -0.262. The Morgan fingerprint density at radius 2 is 1.88 bits per heavy atom. The molecule has 0 saturated carbocycles. The van der Waals surface area contributed by atoms with Gasteiger partial charge in [0.15, 0.2) is 5.96 Å². The van der Waals surface area contributed by atoms with Gasteiger partial charge < -0.3 is 15.5 Å². The number of aliphatic imine (C=N–C) groups is 1. The molecule has 1 saturated heterocycles. The highest BCUT2D eigenvalue weighted by Crippen LogP contribution is 2.20. The summed E-state index contributed by atoms with van der Waals surface area (Å²) in [7, 11) is 0.116. The molecule has 0 atom stereocenters. The minimum atomic E-state index is -3.26. The van der Waals surface area contributed by atoms with Crippen LogP contribution in [0.25, 0.3) is 0 Å². The fourth-order valence-corrected chi connectivity index (χ4v) is 3.96. The summed E-state index contributed by atoms with van der Waals surface area (Å²) in [5, 5.41) is 5.91. The lowest BCUT2D eigenvalue weighted by Gasteiger charge is -2.35. The number of nitrogens with zero attached hydrogens (tertiary/aromatic N) is 2. The molecule has 0 aromatic carbocycles. The van der Waals surface area contributed by atoms with Crippen LogP contribution in [0.2, 0.25) is 0 Å². The predicted molar refractivity (Wildman–Crippen MR) is 96.4 cm³/mol. The lowest BCUT2D eigenvalue weighted by atomic mass is 9.93. The van der Waals surface area contributed by atoms with Gasteiger partial charge in [-0.05, 0) is 32.6 Å². The van der Waals surface area contributed by atoms with E-state index in [0.717, 1.165) is 38.1 Å². The van der Waals surface area contributed by atoms with Crippen LogP contribution in [0.4, 0.5) is 0 Å². The summed E-state index contributed by atoms with van der Waals surface area (Å²) < 4.78 is 25.4. The van der Waals surface area contributed by atoms with Gasteiger partial charge >= 0.3 is 0 Å².